The van der Waals surface area contributed by atoms with Gasteiger partial charge in [-0.2, -0.15) is 5.10 Å². The number of benzene rings is 1. The molecule has 10 nitrogen and oxygen atoms in total. The van der Waals surface area contributed by atoms with E-state index in [1.165, 1.54) is 0 Å². The van der Waals surface area contributed by atoms with Gasteiger partial charge in [-0.15, -0.1) is 0 Å². The van der Waals surface area contributed by atoms with Crippen molar-refractivity contribution in [3.63, 3.8) is 0 Å². The molecule has 1 fully saturated rings. The third-order valence-electron chi connectivity index (χ3n) is 5.91. The second kappa shape index (κ2) is 8.29. The summed E-state index contributed by atoms with van der Waals surface area (Å²) in [6.07, 6.45) is 2.47. The average molecular weight is 425 g/mol. The number of hydrogen-bond acceptors (Lipinski definition) is 7. The Hall–Kier alpha value is -3.56. The Morgan fingerprint density at radius 3 is 2.65 bits per heavy atom. The summed E-state index contributed by atoms with van der Waals surface area (Å²) in [4.78, 5) is 22.3. The number of nitrogens with two attached hydrogens (primary N) is 1. The molecule has 0 radical (unpaired) electrons. The number of hydrogen-bond donors (Lipinski definition) is 3. The van der Waals surface area contributed by atoms with E-state index in [9.17, 15) is 4.79 Å². The summed E-state index contributed by atoms with van der Waals surface area (Å²) in [7, 11) is 1.64. The molecule has 0 atom stereocenters. The van der Waals surface area contributed by atoms with Crippen LogP contribution in [0, 0.1) is 5.41 Å². The molecule has 0 saturated carbocycles. The molecule has 0 aliphatic carbocycles. The van der Waals surface area contributed by atoms with Gasteiger partial charge in [0.25, 0.3) is 0 Å². The van der Waals surface area contributed by atoms with Crippen molar-refractivity contribution in [3.05, 3.63) is 36.0 Å². The first-order valence-electron chi connectivity index (χ1n) is 10.2. The number of carboxylic acid groups (broad SMARTS) is 1. The van der Waals surface area contributed by atoms with E-state index in [2.05, 4.69) is 27.2 Å². The lowest BCUT2D eigenvalue weighted by atomic mass is 9.80. The number of aromatic nitrogens is 4. The molecule has 1 aromatic carbocycles. The maximum Gasteiger partial charge on any atom is 0.404 e. The Morgan fingerprint density at radius 1 is 1.29 bits per heavy atom. The Labute approximate surface area is 180 Å². The Balaban J connectivity index is 1.52. The summed E-state index contributed by atoms with van der Waals surface area (Å²) in [6.45, 7) is 4.64. The Kier molecular flexibility index (Phi) is 5.53. The van der Waals surface area contributed by atoms with E-state index in [0.29, 0.717) is 30.1 Å². The molecule has 1 aliphatic heterocycles. The first-order chi connectivity index (χ1) is 14.9. The SMILES string of the molecule is COc1ccc(Cn2nc(N)c3ncc(N4CCC(C)(CNC(=O)O)CC4)nc32)cc1. The molecule has 0 unspecified atom stereocenters. The van der Waals surface area contributed by atoms with E-state index < -0.39 is 6.09 Å². The highest BCUT2D eigenvalue weighted by Gasteiger charge is 2.31. The first-order valence-corrected chi connectivity index (χ1v) is 10.2. The highest BCUT2D eigenvalue weighted by atomic mass is 16.5. The smallest absolute Gasteiger partial charge is 0.404 e. The van der Waals surface area contributed by atoms with Crippen LogP contribution in [-0.4, -0.2) is 57.7 Å². The van der Waals surface area contributed by atoms with Crippen LogP contribution < -0.4 is 20.7 Å². The molecular weight excluding hydrogens is 398 g/mol. The predicted octanol–water partition coefficient (Wildman–Crippen LogP) is 2.34. The van der Waals surface area contributed by atoms with E-state index in [1.54, 1.807) is 18.0 Å². The molecule has 3 heterocycles. The van der Waals surface area contributed by atoms with E-state index in [-0.39, 0.29) is 5.41 Å². The van der Waals surface area contributed by atoms with Crippen LogP contribution in [0.2, 0.25) is 0 Å². The second-order valence-corrected chi connectivity index (χ2v) is 8.25. The van der Waals surface area contributed by atoms with Crippen molar-refractivity contribution in [2.75, 3.05) is 37.4 Å². The van der Waals surface area contributed by atoms with Gasteiger partial charge >= 0.3 is 6.09 Å². The molecule has 164 valence electrons. The summed E-state index contributed by atoms with van der Waals surface area (Å²) >= 11 is 0. The van der Waals surface area contributed by atoms with Crippen LogP contribution in [0.15, 0.2) is 30.5 Å². The number of rotatable bonds is 6. The van der Waals surface area contributed by atoms with Gasteiger partial charge in [0.1, 0.15) is 11.6 Å². The zero-order valence-electron chi connectivity index (χ0n) is 17.7. The summed E-state index contributed by atoms with van der Waals surface area (Å²) in [5.74, 6) is 1.93. The average Bonchev–Trinajstić information content (AvgIpc) is 3.08. The minimum atomic E-state index is -0.984. The van der Waals surface area contributed by atoms with Crippen LogP contribution in [0.4, 0.5) is 16.4 Å². The highest BCUT2D eigenvalue weighted by molar-refractivity contribution is 5.83. The molecule has 10 heteroatoms. The van der Waals surface area contributed by atoms with Gasteiger partial charge in [-0.25, -0.2) is 19.4 Å². The third-order valence-corrected chi connectivity index (χ3v) is 5.91. The van der Waals surface area contributed by atoms with Crippen molar-refractivity contribution in [2.24, 2.45) is 5.41 Å². The maximum atomic E-state index is 10.8. The van der Waals surface area contributed by atoms with Crippen LogP contribution in [0.25, 0.3) is 11.2 Å². The van der Waals surface area contributed by atoms with E-state index in [4.69, 9.17) is 20.6 Å². The summed E-state index contributed by atoms with van der Waals surface area (Å²) in [5, 5.41) is 15.8. The van der Waals surface area contributed by atoms with Gasteiger partial charge in [-0.05, 0) is 36.0 Å². The van der Waals surface area contributed by atoms with Crippen LogP contribution in [0.1, 0.15) is 25.3 Å². The molecule has 4 N–H and O–H groups in total. The molecule has 0 spiro atoms. The number of nitrogens with one attached hydrogen (secondary N) is 1. The topological polar surface area (TPSA) is 131 Å². The third kappa shape index (κ3) is 4.47. The van der Waals surface area contributed by atoms with E-state index in [0.717, 1.165) is 43.1 Å². The highest BCUT2D eigenvalue weighted by Crippen LogP contribution is 2.32. The minimum Gasteiger partial charge on any atom is -0.497 e. The second-order valence-electron chi connectivity index (χ2n) is 8.25. The molecule has 4 rings (SSSR count). The number of fused-ring (bicyclic) bond motifs is 1. The standard InChI is InChI=1S/C21H27N7O3/c1-21(13-24-20(29)30)7-9-27(10-8-21)16-11-23-17-18(22)26-28(19(17)25-16)12-14-3-5-15(31-2)6-4-14/h3-6,11,24H,7-10,12-13H2,1-2H3,(H2,22,26)(H,29,30). The molecule has 31 heavy (non-hydrogen) atoms. The number of nitrogen functional groups attached to an aromatic ring is 1. The number of anilines is 2. The van der Waals surface area contributed by atoms with Crippen LogP contribution in [0.5, 0.6) is 5.75 Å². The van der Waals surface area contributed by atoms with Crippen LogP contribution in [-0.2, 0) is 6.54 Å². The summed E-state index contributed by atoms with van der Waals surface area (Å²) in [5.41, 5.74) is 8.30. The fourth-order valence-corrected chi connectivity index (χ4v) is 3.86. The molecule has 1 saturated heterocycles. The van der Waals surface area contributed by atoms with Crippen LogP contribution in [0.3, 0.4) is 0 Å². The number of methoxy groups -OCH3 is 1. The molecule has 1 aliphatic rings. The molecule has 3 aromatic rings. The monoisotopic (exact) mass is 425 g/mol. The van der Waals surface area contributed by atoms with Crippen molar-refractivity contribution in [3.8, 4) is 5.75 Å². The van der Waals surface area contributed by atoms with Gasteiger partial charge in [0.05, 0.1) is 19.9 Å². The Morgan fingerprint density at radius 2 is 2.00 bits per heavy atom. The van der Waals surface area contributed by atoms with Gasteiger partial charge < -0.3 is 25.8 Å². The van der Waals surface area contributed by atoms with E-state index in [1.807, 2.05) is 24.3 Å². The predicted molar refractivity (Wildman–Crippen MR) is 117 cm³/mol. The number of carbonyl (C=O) groups is 1. The molecule has 2 aromatic heterocycles. The quantitative estimate of drug-likeness (QED) is 0.548. The lowest BCUT2D eigenvalue weighted by molar-refractivity contribution is 0.178. The van der Waals surface area contributed by atoms with Crippen molar-refractivity contribution >= 4 is 28.9 Å². The molecule has 1 amide bonds. The lowest BCUT2D eigenvalue weighted by Gasteiger charge is -2.39. The normalized spacial score (nSPS) is 15.7. The maximum absolute atomic E-state index is 10.8. The summed E-state index contributed by atoms with van der Waals surface area (Å²) in [6, 6.07) is 7.78. The summed E-state index contributed by atoms with van der Waals surface area (Å²) < 4.78 is 6.99. The van der Waals surface area contributed by atoms with Gasteiger partial charge in [0, 0.05) is 19.6 Å². The van der Waals surface area contributed by atoms with Crippen molar-refractivity contribution in [1.29, 1.82) is 0 Å². The van der Waals surface area contributed by atoms with Crippen molar-refractivity contribution < 1.29 is 14.6 Å². The first kappa shape index (κ1) is 20.7. The van der Waals surface area contributed by atoms with Gasteiger partial charge in [0.15, 0.2) is 17.0 Å². The molecular formula is C21H27N7O3. The van der Waals surface area contributed by atoms with Gasteiger partial charge in [0.2, 0.25) is 0 Å². The Bertz CT molecular complexity index is 1070. The number of piperidine rings is 1. The van der Waals surface area contributed by atoms with Crippen molar-refractivity contribution in [2.45, 2.75) is 26.3 Å². The van der Waals surface area contributed by atoms with E-state index >= 15 is 0 Å². The number of nitrogens with zero attached hydrogens (tertiary/aromatic N) is 5. The van der Waals surface area contributed by atoms with Crippen LogP contribution >= 0.6 is 0 Å². The largest absolute Gasteiger partial charge is 0.497 e. The fourth-order valence-electron chi connectivity index (χ4n) is 3.86. The number of amides is 1. The number of ether oxygens (including phenoxy) is 1. The zero-order valence-corrected chi connectivity index (χ0v) is 17.7. The van der Waals surface area contributed by atoms with Crippen molar-refractivity contribution in [1.82, 2.24) is 25.1 Å². The molecule has 0 bridgehead atoms. The van der Waals surface area contributed by atoms with Gasteiger partial charge in [-0.1, -0.05) is 19.1 Å². The zero-order chi connectivity index (χ0) is 22.0. The fraction of sp³-hybridized carbons (Fsp3) is 0.429. The lowest BCUT2D eigenvalue weighted by Crippen LogP contribution is -2.44. The van der Waals surface area contributed by atoms with Gasteiger partial charge in [-0.3, -0.25) is 0 Å². The minimum absolute atomic E-state index is 0.0625.